The van der Waals surface area contributed by atoms with Gasteiger partial charge in [-0.25, -0.2) is 0 Å². The van der Waals surface area contributed by atoms with Crippen LogP contribution in [-0.4, -0.2) is 35.6 Å². The Kier molecular flexibility index (Phi) is 41.4. The Balaban J connectivity index is 3.89. The van der Waals surface area contributed by atoms with E-state index in [1.807, 2.05) is 0 Å². The maximum absolute atomic E-state index is 12.7. The second kappa shape index (κ2) is 42.9. The maximum atomic E-state index is 12.7. The fraction of sp³-hybridized carbons (Fsp3) is 0.894. The van der Waals surface area contributed by atoms with Gasteiger partial charge < -0.3 is 15.2 Å². The van der Waals surface area contributed by atoms with Crippen LogP contribution in [0.3, 0.4) is 0 Å². The fourth-order valence-electron chi connectivity index (χ4n) is 7.22. The molecule has 0 spiro atoms. The van der Waals surface area contributed by atoms with Crippen LogP contribution in [0.1, 0.15) is 258 Å². The molecule has 0 heterocycles. The lowest BCUT2D eigenvalue weighted by atomic mass is 10.0. The van der Waals surface area contributed by atoms with Crippen molar-refractivity contribution in [1.82, 2.24) is 5.32 Å². The molecule has 1 atom stereocenters. The van der Waals surface area contributed by atoms with E-state index >= 15 is 0 Å². The molecule has 53 heavy (non-hydrogen) atoms. The summed E-state index contributed by atoms with van der Waals surface area (Å²) < 4.78 is 6.02. The van der Waals surface area contributed by atoms with Crippen LogP contribution >= 0.6 is 0 Å². The van der Waals surface area contributed by atoms with Gasteiger partial charge in [0.15, 0.2) is 0 Å². The predicted octanol–water partition coefficient (Wildman–Crippen LogP) is 14.5. The summed E-state index contributed by atoms with van der Waals surface area (Å²) in [4.78, 5) is 35.0. The molecule has 6 heteroatoms. The first-order chi connectivity index (χ1) is 26.0. The molecule has 1 unspecified atom stereocenters. The van der Waals surface area contributed by atoms with Crippen molar-refractivity contribution in [2.75, 3.05) is 6.54 Å². The van der Waals surface area contributed by atoms with E-state index in [1.54, 1.807) is 0 Å². The van der Waals surface area contributed by atoms with Crippen molar-refractivity contribution in [2.45, 2.75) is 264 Å². The number of ether oxygens (including phenoxy) is 1. The van der Waals surface area contributed by atoms with Crippen LogP contribution in [0.4, 0.5) is 0 Å². The van der Waals surface area contributed by atoms with E-state index < -0.39 is 5.97 Å². The Morgan fingerprint density at radius 3 is 1.21 bits per heavy atom. The number of carboxylic acids is 1. The monoisotopic (exact) mass is 748 g/mol. The Morgan fingerprint density at radius 1 is 0.472 bits per heavy atom. The van der Waals surface area contributed by atoms with Gasteiger partial charge in [-0.3, -0.25) is 14.4 Å². The fourth-order valence-corrected chi connectivity index (χ4v) is 7.22. The Labute approximate surface area is 329 Å². The number of carbonyl (C=O) groups excluding carboxylic acids is 2. The number of nitrogens with one attached hydrogen (secondary N) is 1. The Morgan fingerprint density at radius 2 is 0.811 bits per heavy atom. The van der Waals surface area contributed by atoms with Crippen molar-refractivity contribution >= 4 is 17.8 Å². The quantitative estimate of drug-likeness (QED) is 0.0368. The van der Waals surface area contributed by atoms with Gasteiger partial charge in [0.05, 0.1) is 0 Å². The molecule has 1 amide bonds. The summed E-state index contributed by atoms with van der Waals surface area (Å²) in [6, 6.07) is 0. The highest BCUT2D eigenvalue weighted by Gasteiger charge is 2.14. The summed E-state index contributed by atoms with van der Waals surface area (Å²) in [5.74, 6) is -1.22. The topological polar surface area (TPSA) is 92.7 Å². The highest BCUT2D eigenvalue weighted by atomic mass is 16.5. The van der Waals surface area contributed by atoms with E-state index in [4.69, 9.17) is 9.84 Å². The van der Waals surface area contributed by atoms with E-state index in [0.29, 0.717) is 12.8 Å². The molecule has 0 bridgehead atoms. The standard InChI is InChI=1S/C47H89NO5/c1-3-5-7-9-11-13-14-15-16-17-18-19-20-21-22-23-24-25-26-27-29-34-38-42-47(52)53-44(39-35-31-28-12-10-8-6-4-2)40-36-32-30-33-37-41-45(49)48-43-46(50)51/h17-18,44H,3-16,19-43H2,1-2H3,(H,48,49)(H,50,51)/b18-17-. The van der Waals surface area contributed by atoms with E-state index in [-0.39, 0.29) is 24.5 Å². The zero-order valence-corrected chi connectivity index (χ0v) is 35.4. The second-order valence-corrected chi connectivity index (χ2v) is 16.0. The average Bonchev–Trinajstić information content (AvgIpc) is 3.14. The molecule has 0 saturated carbocycles. The van der Waals surface area contributed by atoms with Crippen molar-refractivity contribution in [2.24, 2.45) is 0 Å². The van der Waals surface area contributed by atoms with E-state index in [9.17, 15) is 14.4 Å². The summed E-state index contributed by atoms with van der Waals surface area (Å²) >= 11 is 0. The highest BCUT2D eigenvalue weighted by molar-refractivity contribution is 5.80. The molecule has 6 nitrogen and oxygen atoms in total. The minimum absolute atomic E-state index is 0.0130. The van der Waals surface area contributed by atoms with Crippen molar-refractivity contribution < 1.29 is 24.2 Å². The number of carbonyl (C=O) groups is 3. The Hall–Kier alpha value is -1.85. The molecule has 0 rings (SSSR count). The molecule has 0 fully saturated rings. The molecule has 0 radical (unpaired) electrons. The zero-order valence-electron chi connectivity index (χ0n) is 35.4. The molecule has 0 aromatic carbocycles. The minimum atomic E-state index is -1.01. The molecule has 0 aromatic heterocycles. The van der Waals surface area contributed by atoms with Gasteiger partial charge in [-0.2, -0.15) is 0 Å². The third-order valence-corrected chi connectivity index (χ3v) is 10.7. The van der Waals surface area contributed by atoms with E-state index in [0.717, 1.165) is 64.2 Å². The van der Waals surface area contributed by atoms with Crippen molar-refractivity contribution in [3.05, 3.63) is 12.2 Å². The third kappa shape index (κ3) is 42.8. The summed E-state index contributed by atoms with van der Waals surface area (Å²) in [6.45, 7) is 4.23. The molecule has 0 saturated heterocycles. The van der Waals surface area contributed by atoms with Crippen LogP contribution in [0.25, 0.3) is 0 Å². The molecular formula is C47H89NO5. The van der Waals surface area contributed by atoms with E-state index in [1.165, 1.54) is 167 Å². The van der Waals surface area contributed by atoms with E-state index in [2.05, 4.69) is 31.3 Å². The first-order valence-corrected chi connectivity index (χ1v) is 23.3. The van der Waals surface area contributed by atoms with Gasteiger partial charge in [-0.05, 0) is 64.2 Å². The second-order valence-electron chi connectivity index (χ2n) is 16.0. The maximum Gasteiger partial charge on any atom is 0.322 e. The van der Waals surface area contributed by atoms with Crippen molar-refractivity contribution in [1.29, 1.82) is 0 Å². The van der Waals surface area contributed by atoms with Crippen LogP contribution in [0.2, 0.25) is 0 Å². The van der Waals surface area contributed by atoms with Crippen molar-refractivity contribution in [3.63, 3.8) is 0 Å². The van der Waals surface area contributed by atoms with Gasteiger partial charge in [-0.1, -0.05) is 193 Å². The average molecular weight is 748 g/mol. The van der Waals surface area contributed by atoms with Crippen LogP contribution in [0, 0.1) is 0 Å². The predicted molar refractivity (Wildman–Crippen MR) is 226 cm³/mol. The lowest BCUT2D eigenvalue weighted by Crippen LogP contribution is -2.28. The first kappa shape index (κ1) is 51.1. The lowest BCUT2D eigenvalue weighted by molar-refractivity contribution is -0.150. The smallest absolute Gasteiger partial charge is 0.322 e. The summed E-state index contributed by atoms with van der Waals surface area (Å²) in [6.07, 6.45) is 50.7. The summed E-state index contributed by atoms with van der Waals surface area (Å²) in [5.41, 5.74) is 0. The normalized spacial score (nSPS) is 12.0. The minimum Gasteiger partial charge on any atom is -0.480 e. The summed E-state index contributed by atoms with van der Waals surface area (Å²) in [7, 11) is 0. The number of amides is 1. The number of unbranched alkanes of at least 4 members (excludes halogenated alkanes) is 30. The zero-order chi connectivity index (χ0) is 38.7. The third-order valence-electron chi connectivity index (χ3n) is 10.7. The molecule has 0 aliphatic heterocycles. The number of allylic oxidation sites excluding steroid dienone is 2. The van der Waals surface area contributed by atoms with Gasteiger partial charge in [-0.15, -0.1) is 0 Å². The van der Waals surface area contributed by atoms with Gasteiger partial charge in [0.1, 0.15) is 12.6 Å². The van der Waals surface area contributed by atoms with Crippen LogP contribution < -0.4 is 5.32 Å². The molecule has 0 aliphatic rings. The van der Waals surface area contributed by atoms with Crippen LogP contribution in [0.15, 0.2) is 12.2 Å². The number of hydrogen-bond donors (Lipinski definition) is 2. The molecule has 0 aliphatic carbocycles. The lowest BCUT2D eigenvalue weighted by Gasteiger charge is -2.18. The van der Waals surface area contributed by atoms with Crippen LogP contribution in [0.5, 0.6) is 0 Å². The number of aliphatic carboxylic acids is 1. The van der Waals surface area contributed by atoms with Crippen molar-refractivity contribution in [3.8, 4) is 0 Å². The Bertz CT molecular complexity index is 828. The molecule has 0 aromatic rings. The number of carboxylic acid groups (broad SMARTS) is 1. The number of esters is 1. The first-order valence-electron chi connectivity index (χ1n) is 23.3. The van der Waals surface area contributed by atoms with Gasteiger partial charge in [0.2, 0.25) is 5.91 Å². The number of hydrogen-bond acceptors (Lipinski definition) is 4. The van der Waals surface area contributed by atoms with Gasteiger partial charge in [0.25, 0.3) is 0 Å². The molecular weight excluding hydrogens is 659 g/mol. The summed E-state index contributed by atoms with van der Waals surface area (Å²) in [5, 5.41) is 11.1. The SMILES string of the molecule is CCCCCCCCCC/C=C\CCCCCCCCCCCCCC(=O)OC(CCCCCCCCCC)CCCCCCCC(=O)NCC(=O)O. The highest BCUT2D eigenvalue weighted by Crippen LogP contribution is 2.19. The van der Waals surface area contributed by atoms with Crippen LogP contribution in [-0.2, 0) is 19.1 Å². The largest absolute Gasteiger partial charge is 0.480 e. The van der Waals surface area contributed by atoms with Gasteiger partial charge in [0, 0.05) is 12.8 Å². The number of rotatable bonds is 43. The molecule has 312 valence electrons. The molecule has 2 N–H and O–H groups in total. The van der Waals surface area contributed by atoms with Gasteiger partial charge >= 0.3 is 11.9 Å².